The molecule has 0 unspecified atom stereocenters. The van der Waals surface area contributed by atoms with Crippen LogP contribution in [0.1, 0.15) is 29.8 Å². The van der Waals surface area contributed by atoms with Crippen molar-refractivity contribution in [3.05, 3.63) is 53.6 Å². The lowest BCUT2D eigenvalue weighted by Gasteiger charge is -2.30. The molecule has 28 heavy (non-hydrogen) atoms. The van der Waals surface area contributed by atoms with Crippen molar-refractivity contribution >= 4 is 27.5 Å². The molecule has 1 atom stereocenters. The van der Waals surface area contributed by atoms with Crippen molar-refractivity contribution in [2.45, 2.75) is 31.3 Å². The number of phenols is 1. The van der Waals surface area contributed by atoms with Gasteiger partial charge in [-0.25, -0.2) is 13.6 Å². The van der Waals surface area contributed by atoms with E-state index in [0.717, 1.165) is 23.8 Å². The number of sulfonamides is 1. The van der Waals surface area contributed by atoms with Crippen molar-refractivity contribution in [1.82, 2.24) is 4.90 Å². The van der Waals surface area contributed by atoms with E-state index in [1.54, 1.807) is 26.0 Å². The van der Waals surface area contributed by atoms with Crippen LogP contribution in [-0.4, -0.2) is 36.3 Å². The van der Waals surface area contributed by atoms with Gasteiger partial charge in [0.25, 0.3) is 5.91 Å². The summed E-state index contributed by atoms with van der Waals surface area (Å²) in [6, 6.07) is 9.70. The summed E-state index contributed by atoms with van der Waals surface area (Å²) >= 11 is 0. The summed E-state index contributed by atoms with van der Waals surface area (Å²) in [5.74, 6) is -1.30. The molecule has 1 aliphatic rings. The average molecular weight is 403 g/mol. The Morgan fingerprint density at radius 3 is 2.50 bits per heavy atom. The molecule has 4 N–H and O–H groups in total. The molecule has 8 nitrogen and oxygen atoms in total. The molecule has 1 heterocycles. The second-order valence-corrected chi connectivity index (χ2v) is 8.55. The monoisotopic (exact) mass is 403 g/mol. The third-order valence-corrected chi connectivity index (χ3v) is 5.55. The van der Waals surface area contributed by atoms with E-state index >= 15 is 0 Å². The lowest BCUT2D eigenvalue weighted by molar-refractivity contribution is -0.122. The van der Waals surface area contributed by atoms with Crippen LogP contribution < -0.4 is 10.5 Å². The summed E-state index contributed by atoms with van der Waals surface area (Å²) in [7, 11) is -4.00. The smallest absolute Gasteiger partial charge is 0.255 e. The molecular formula is C19H21N3O5S. The van der Waals surface area contributed by atoms with Crippen molar-refractivity contribution in [3.8, 4) is 5.75 Å². The first-order valence-corrected chi connectivity index (χ1v) is 10.2. The van der Waals surface area contributed by atoms with Gasteiger partial charge in [-0.3, -0.25) is 9.59 Å². The van der Waals surface area contributed by atoms with Crippen LogP contribution in [-0.2, 0) is 21.4 Å². The molecule has 3 rings (SSSR count). The van der Waals surface area contributed by atoms with Gasteiger partial charge in [0, 0.05) is 12.1 Å². The molecule has 0 aromatic heterocycles. The van der Waals surface area contributed by atoms with Crippen molar-refractivity contribution in [2.24, 2.45) is 11.1 Å². The summed E-state index contributed by atoms with van der Waals surface area (Å²) in [5, 5.41) is 17.6. The van der Waals surface area contributed by atoms with Gasteiger partial charge in [0.1, 0.15) is 11.8 Å². The molecule has 0 saturated heterocycles. The number of rotatable bonds is 5. The van der Waals surface area contributed by atoms with E-state index in [9.17, 15) is 23.1 Å². The molecule has 2 amide bonds. The van der Waals surface area contributed by atoms with Crippen LogP contribution >= 0.6 is 0 Å². The standard InChI is InChI=1S/C19H21N3O5S/c1-11(2)17(22-10-12-5-3-4-6-14(12)19(22)25)18(24)21-15-9-13(28(20,26)27)7-8-16(15)23/h3-9,11,17,23H,10H2,1-2H3,(H,21,24)(H2,20,26,27)/t17-/m0/s1. The first-order valence-electron chi connectivity index (χ1n) is 8.65. The number of nitrogens with two attached hydrogens (primary N) is 1. The first-order chi connectivity index (χ1) is 13.1. The van der Waals surface area contributed by atoms with Gasteiger partial charge in [0.05, 0.1) is 10.6 Å². The molecule has 0 spiro atoms. The van der Waals surface area contributed by atoms with E-state index in [2.05, 4.69) is 5.32 Å². The zero-order valence-electron chi connectivity index (χ0n) is 15.4. The lowest BCUT2D eigenvalue weighted by Crippen LogP contribution is -2.47. The van der Waals surface area contributed by atoms with E-state index in [1.165, 1.54) is 4.90 Å². The Bertz CT molecular complexity index is 1050. The Kier molecular flexibility index (Phi) is 5.14. The number of carbonyl (C=O) groups is 2. The molecule has 2 aromatic carbocycles. The first kappa shape index (κ1) is 19.8. The second kappa shape index (κ2) is 7.25. The minimum absolute atomic E-state index is 0.0914. The topological polar surface area (TPSA) is 130 Å². The number of anilines is 1. The number of hydrogen-bond acceptors (Lipinski definition) is 5. The van der Waals surface area contributed by atoms with Gasteiger partial charge in [-0.2, -0.15) is 0 Å². The Morgan fingerprint density at radius 2 is 1.89 bits per heavy atom. The Labute approximate surface area is 163 Å². The van der Waals surface area contributed by atoms with Crippen LogP contribution in [0.2, 0.25) is 0 Å². The number of hydrogen-bond donors (Lipinski definition) is 3. The Morgan fingerprint density at radius 1 is 1.21 bits per heavy atom. The quantitative estimate of drug-likeness (QED) is 0.654. The van der Waals surface area contributed by atoms with E-state index < -0.39 is 22.0 Å². The van der Waals surface area contributed by atoms with Crippen LogP contribution in [0.4, 0.5) is 5.69 Å². The number of fused-ring (bicyclic) bond motifs is 1. The average Bonchev–Trinajstić information content (AvgIpc) is 2.92. The van der Waals surface area contributed by atoms with E-state index in [1.807, 2.05) is 12.1 Å². The van der Waals surface area contributed by atoms with Crippen molar-refractivity contribution in [1.29, 1.82) is 0 Å². The number of nitrogens with one attached hydrogen (secondary N) is 1. The van der Waals surface area contributed by atoms with Crippen molar-refractivity contribution in [3.63, 3.8) is 0 Å². The third-order valence-electron chi connectivity index (χ3n) is 4.64. The minimum Gasteiger partial charge on any atom is -0.506 e. The molecule has 0 fully saturated rings. The molecule has 2 aromatic rings. The molecule has 1 aliphatic heterocycles. The lowest BCUT2D eigenvalue weighted by atomic mass is 10.0. The number of benzene rings is 2. The van der Waals surface area contributed by atoms with Crippen LogP contribution in [0.15, 0.2) is 47.4 Å². The molecule has 0 aliphatic carbocycles. The van der Waals surface area contributed by atoms with Crippen molar-refractivity contribution < 1.29 is 23.1 Å². The zero-order chi connectivity index (χ0) is 20.6. The van der Waals surface area contributed by atoms with Gasteiger partial charge >= 0.3 is 0 Å². The highest BCUT2D eigenvalue weighted by Gasteiger charge is 2.38. The molecule has 0 radical (unpaired) electrons. The minimum atomic E-state index is -4.00. The number of amides is 2. The van der Waals surface area contributed by atoms with Crippen LogP contribution in [0.3, 0.4) is 0 Å². The van der Waals surface area contributed by atoms with Gasteiger partial charge in [-0.15, -0.1) is 0 Å². The fourth-order valence-corrected chi connectivity index (χ4v) is 3.84. The van der Waals surface area contributed by atoms with Crippen LogP contribution in [0.5, 0.6) is 5.75 Å². The van der Waals surface area contributed by atoms with Crippen molar-refractivity contribution in [2.75, 3.05) is 5.32 Å². The number of nitrogens with zero attached hydrogens (tertiary/aromatic N) is 1. The molecule has 9 heteroatoms. The Hall–Kier alpha value is -2.91. The number of phenolic OH excluding ortho intramolecular Hbond substituents is 1. The summed E-state index contributed by atoms with van der Waals surface area (Å²) in [4.78, 5) is 26.9. The molecular weight excluding hydrogens is 382 g/mol. The summed E-state index contributed by atoms with van der Waals surface area (Å²) in [5.41, 5.74) is 1.30. The number of aromatic hydroxyl groups is 1. The summed E-state index contributed by atoms with van der Waals surface area (Å²) in [6.07, 6.45) is 0. The third kappa shape index (κ3) is 3.71. The second-order valence-electron chi connectivity index (χ2n) is 6.99. The van der Waals surface area contributed by atoms with Crippen LogP contribution in [0, 0.1) is 5.92 Å². The highest BCUT2D eigenvalue weighted by Crippen LogP contribution is 2.30. The largest absolute Gasteiger partial charge is 0.506 e. The fourth-order valence-electron chi connectivity index (χ4n) is 3.30. The summed E-state index contributed by atoms with van der Waals surface area (Å²) < 4.78 is 23.1. The summed E-state index contributed by atoms with van der Waals surface area (Å²) in [6.45, 7) is 3.91. The molecule has 0 saturated carbocycles. The van der Waals surface area contributed by atoms with Gasteiger partial charge in [0.2, 0.25) is 15.9 Å². The maximum atomic E-state index is 13.0. The molecule has 148 valence electrons. The van der Waals surface area contributed by atoms with Gasteiger partial charge in [-0.1, -0.05) is 32.0 Å². The van der Waals surface area contributed by atoms with E-state index in [0.29, 0.717) is 12.1 Å². The Balaban J connectivity index is 1.89. The highest BCUT2D eigenvalue weighted by molar-refractivity contribution is 7.89. The maximum Gasteiger partial charge on any atom is 0.255 e. The SMILES string of the molecule is CC(C)[C@@H](C(=O)Nc1cc(S(N)(=O)=O)ccc1O)N1Cc2ccccc2C1=O. The van der Waals surface area contributed by atoms with E-state index in [-0.39, 0.29) is 28.2 Å². The number of primary sulfonamides is 1. The highest BCUT2D eigenvalue weighted by atomic mass is 32.2. The van der Waals surface area contributed by atoms with Crippen LogP contribution in [0.25, 0.3) is 0 Å². The zero-order valence-corrected chi connectivity index (χ0v) is 16.2. The number of carbonyl (C=O) groups excluding carboxylic acids is 2. The maximum absolute atomic E-state index is 13.0. The normalized spacial score (nSPS) is 14.9. The fraction of sp³-hybridized carbons (Fsp3) is 0.263. The van der Waals surface area contributed by atoms with Gasteiger partial charge in [-0.05, 0) is 35.7 Å². The van der Waals surface area contributed by atoms with Gasteiger partial charge in [0.15, 0.2) is 0 Å². The molecule has 0 bridgehead atoms. The predicted molar refractivity (Wildman–Crippen MR) is 103 cm³/mol. The van der Waals surface area contributed by atoms with Gasteiger partial charge < -0.3 is 15.3 Å². The predicted octanol–water partition coefficient (Wildman–Crippen LogP) is 1.66. The van der Waals surface area contributed by atoms with E-state index in [4.69, 9.17) is 5.14 Å².